The Morgan fingerprint density at radius 1 is 1.06 bits per heavy atom. The van der Waals surface area contributed by atoms with Gasteiger partial charge < -0.3 is 14.0 Å². The molecule has 35 heavy (non-hydrogen) atoms. The number of aryl methyl sites for hydroxylation is 2. The van der Waals surface area contributed by atoms with Gasteiger partial charge in [-0.05, 0) is 48.9 Å². The summed E-state index contributed by atoms with van der Waals surface area (Å²) in [5.41, 5.74) is 3.68. The first-order valence-electron chi connectivity index (χ1n) is 10.9. The van der Waals surface area contributed by atoms with E-state index in [1.165, 1.54) is 12.1 Å². The van der Waals surface area contributed by atoms with E-state index in [2.05, 4.69) is 9.72 Å². The number of hydrogen-bond acceptors (Lipinski definition) is 5. The molecule has 0 aliphatic carbocycles. The van der Waals surface area contributed by atoms with Gasteiger partial charge in [-0.3, -0.25) is 14.3 Å². The molecule has 0 bridgehead atoms. The molecule has 0 saturated heterocycles. The van der Waals surface area contributed by atoms with Gasteiger partial charge >= 0.3 is 6.61 Å². The topological polar surface area (TPSA) is 71.2 Å². The van der Waals surface area contributed by atoms with Gasteiger partial charge in [-0.2, -0.15) is 8.78 Å². The fourth-order valence-corrected chi connectivity index (χ4v) is 4.32. The molecule has 0 radical (unpaired) electrons. The first kappa shape index (κ1) is 22.5. The minimum absolute atomic E-state index is 0.0865. The summed E-state index contributed by atoms with van der Waals surface area (Å²) in [5, 5.41) is 0.839. The summed E-state index contributed by atoms with van der Waals surface area (Å²) in [5.74, 6) is 1.38. The van der Waals surface area contributed by atoms with Crippen molar-refractivity contribution in [3.05, 3.63) is 88.2 Å². The van der Waals surface area contributed by atoms with Crippen molar-refractivity contribution in [1.29, 1.82) is 0 Å². The zero-order valence-corrected chi connectivity index (χ0v) is 19.3. The molecule has 9 heteroatoms. The van der Waals surface area contributed by atoms with Crippen LogP contribution >= 0.6 is 0 Å². The summed E-state index contributed by atoms with van der Waals surface area (Å²) >= 11 is 0. The van der Waals surface area contributed by atoms with Crippen molar-refractivity contribution in [3.8, 4) is 17.2 Å². The molecule has 0 N–H and O–H groups in total. The monoisotopic (exact) mass is 476 g/mol. The van der Waals surface area contributed by atoms with Gasteiger partial charge in [0.25, 0.3) is 5.56 Å². The maximum atomic E-state index is 13.8. The Labute approximate surface area is 199 Å². The summed E-state index contributed by atoms with van der Waals surface area (Å²) in [6.45, 7) is -1.03. The number of fused-ring (bicyclic) bond motifs is 3. The highest BCUT2D eigenvalue weighted by Gasteiger charge is 2.20. The van der Waals surface area contributed by atoms with Gasteiger partial charge in [0.05, 0.1) is 29.5 Å². The van der Waals surface area contributed by atoms with E-state index in [-0.39, 0.29) is 11.3 Å². The van der Waals surface area contributed by atoms with Crippen molar-refractivity contribution in [2.45, 2.75) is 20.0 Å². The van der Waals surface area contributed by atoms with Gasteiger partial charge in [0.2, 0.25) is 0 Å². The van der Waals surface area contributed by atoms with E-state index in [9.17, 15) is 13.6 Å². The highest BCUT2D eigenvalue weighted by atomic mass is 19.3. The number of nitrogens with zero attached hydrogens (tertiary/aromatic N) is 4. The average molecular weight is 476 g/mol. The summed E-state index contributed by atoms with van der Waals surface area (Å²) < 4.78 is 38.3. The number of pyridine rings is 2. The van der Waals surface area contributed by atoms with Crippen LogP contribution in [0.5, 0.6) is 11.5 Å². The average Bonchev–Trinajstić information content (AvgIpc) is 3.17. The van der Waals surface area contributed by atoms with E-state index in [1.807, 2.05) is 42.8 Å². The third-order valence-electron chi connectivity index (χ3n) is 6.03. The lowest BCUT2D eigenvalue weighted by Gasteiger charge is -2.14. The normalized spacial score (nSPS) is 11.5. The molecule has 0 atom stereocenters. The Hall–Kier alpha value is -4.27. The molecular weight excluding hydrogens is 454 g/mol. The van der Waals surface area contributed by atoms with Gasteiger partial charge in [-0.25, -0.2) is 4.98 Å². The third-order valence-corrected chi connectivity index (χ3v) is 6.03. The lowest BCUT2D eigenvalue weighted by atomic mass is 10.1. The van der Waals surface area contributed by atoms with Crippen LogP contribution in [0.3, 0.4) is 0 Å². The molecular formula is C26H22F2N4O3. The van der Waals surface area contributed by atoms with Crippen molar-refractivity contribution in [1.82, 2.24) is 19.1 Å². The number of aromatic nitrogens is 4. The maximum Gasteiger partial charge on any atom is 0.387 e. The number of hydrogen-bond donors (Lipinski definition) is 0. The molecule has 0 saturated carbocycles. The molecule has 7 nitrogen and oxygen atoms in total. The molecule has 0 spiro atoms. The number of imidazole rings is 1. The molecule has 0 fully saturated rings. The van der Waals surface area contributed by atoms with E-state index in [1.54, 1.807) is 36.1 Å². The van der Waals surface area contributed by atoms with Crippen LogP contribution in [0.1, 0.15) is 17.1 Å². The number of methoxy groups -OCH3 is 1. The van der Waals surface area contributed by atoms with Crippen LogP contribution in [0.15, 0.2) is 65.6 Å². The maximum absolute atomic E-state index is 13.8. The Morgan fingerprint density at radius 2 is 1.80 bits per heavy atom. The Balaban J connectivity index is 1.71. The molecule has 3 heterocycles. The summed E-state index contributed by atoms with van der Waals surface area (Å²) in [7, 11) is 3.44. The Kier molecular flexibility index (Phi) is 5.68. The summed E-state index contributed by atoms with van der Waals surface area (Å²) in [6, 6.07) is 15.6. The smallest absolute Gasteiger partial charge is 0.387 e. The van der Waals surface area contributed by atoms with E-state index in [0.29, 0.717) is 45.9 Å². The summed E-state index contributed by atoms with van der Waals surface area (Å²) in [4.78, 5) is 22.9. The van der Waals surface area contributed by atoms with Gasteiger partial charge in [0, 0.05) is 31.1 Å². The standard InChI is InChI=1S/C26H22F2N4O3/c1-15-20(5-4-12-29-15)32-21-14-18(34-3)10-11-19(21)24-23(25(32)33)30-22(31(24)2)13-16-6-8-17(9-7-16)35-26(27)28/h4-12,14,26H,13H2,1-3H3. The number of rotatable bonds is 6. The molecule has 5 rings (SSSR count). The number of ether oxygens (including phenoxy) is 2. The number of alkyl halides is 2. The van der Waals surface area contributed by atoms with Gasteiger partial charge in [-0.1, -0.05) is 12.1 Å². The molecule has 0 unspecified atom stereocenters. The van der Waals surface area contributed by atoms with Crippen LogP contribution in [0, 0.1) is 6.92 Å². The SMILES string of the molecule is COc1ccc2c3c(nc(Cc4ccc(OC(F)F)cc4)n3C)c(=O)n(-c3cccnc3C)c2c1. The highest BCUT2D eigenvalue weighted by Crippen LogP contribution is 2.29. The molecule has 0 aliphatic rings. The van der Waals surface area contributed by atoms with Crippen LogP contribution in [0.4, 0.5) is 8.78 Å². The molecule has 178 valence electrons. The zero-order chi connectivity index (χ0) is 24.7. The van der Waals surface area contributed by atoms with E-state index in [4.69, 9.17) is 9.72 Å². The predicted molar refractivity (Wildman–Crippen MR) is 129 cm³/mol. The second kappa shape index (κ2) is 8.83. The molecule has 3 aromatic heterocycles. The van der Waals surface area contributed by atoms with E-state index in [0.717, 1.165) is 10.9 Å². The fraction of sp³-hybridized carbons (Fsp3) is 0.192. The first-order chi connectivity index (χ1) is 16.9. The van der Waals surface area contributed by atoms with Gasteiger partial charge in [0.1, 0.15) is 17.3 Å². The molecule has 5 aromatic rings. The molecule has 2 aromatic carbocycles. The van der Waals surface area contributed by atoms with E-state index < -0.39 is 6.61 Å². The van der Waals surface area contributed by atoms with Crippen molar-refractivity contribution in [2.75, 3.05) is 7.11 Å². The first-order valence-corrected chi connectivity index (χ1v) is 10.9. The Bertz CT molecular complexity index is 1610. The predicted octanol–water partition coefficient (Wildman–Crippen LogP) is 4.78. The van der Waals surface area contributed by atoms with Crippen molar-refractivity contribution in [2.24, 2.45) is 7.05 Å². The van der Waals surface area contributed by atoms with Crippen LogP contribution in [0.2, 0.25) is 0 Å². The lowest BCUT2D eigenvalue weighted by molar-refractivity contribution is -0.0498. The second-order valence-electron chi connectivity index (χ2n) is 8.12. The van der Waals surface area contributed by atoms with Crippen LogP contribution < -0.4 is 15.0 Å². The quantitative estimate of drug-likeness (QED) is 0.353. The minimum Gasteiger partial charge on any atom is -0.497 e. The van der Waals surface area contributed by atoms with Gasteiger partial charge in [0.15, 0.2) is 5.52 Å². The Morgan fingerprint density at radius 3 is 2.49 bits per heavy atom. The molecule has 0 amide bonds. The van der Waals surface area contributed by atoms with E-state index >= 15 is 0 Å². The zero-order valence-electron chi connectivity index (χ0n) is 19.3. The third kappa shape index (κ3) is 3.99. The van der Waals surface area contributed by atoms with Crippen molar-refractivity contribution in [3.63, 3.8) is 0 Å². The highest BCUT2D eigenvalue weighted by molar-refractivity contribution is 6.03. The van der Waals surface area contributed by atoms with Gasteiger partial charge in [-0.15, -0.1) is 0 Å². The molecule has 0 aliphatic heterocycles. The largest absolute Gasteiger partial charge is 0.497 e. The lowest BCUT2D eigenvalue weighted by Crippen LogP contribution is -2.20. The fourth-order valence-electron chi connectivity index (χ4n) is 4.32. The van der Waals surface area contributed by atoms with Crippen LogP contribution in [-0.2, 0) is 13.5 Å². The van der Waals surface area contributed by atoms with Crippen LogP contribution in [0.25, 0.3) is 27.6 Å². The second-order valence-corrected chi connectivity index (χ2v) is 8.12. The number of benzene rings is 2. The van der Waals surface area contributed by atoms with Crippen molar-refractivity contribution < 1.29 is 18.3 Å². The van der Waals surface area contributed by atoms with Crippen molar-refractivity contribution >= 4 is 21.9 Å². The summed E-state index contributed by atoms with van der Waals surface area (Å²) in [6.07, 6.45) is 2.09. The number of halogens is 2. The minimum atomic E-state index is -2.88. The van der Waals surface area contributed by atoms with Crippen LogP contribution in [-0.4, -0.2) is 32.8 Å².